The number of anilines is 1. The van der Waals surface area contributed by atoms with Gasteiger partial charge < -0.3 is 10.1 Å². The average molecular weight is 326 g/mol. The maximum atomic E-state index is 13.1. The number of halogens is 1. The Morgan fingerprint density at radius 3 is 2.29 bits per heavy atom. The Labute approximate surface area is 142 Å². The van der Waals surface area contributed by atoms with Gasteiger partial charge in [-0.3, -0.25) is 4.90 Å². The quantitative estimate of drug-likeness (QED) is 0.928. The summed E-state index contributed by atoms with van der Waals surface area (Å²) >= 11 is 0. The zero-order chi connectivity index (χ0) is 16.4. The number of ether oxygens (including phenoxy) is 1. The van der Waals surface area contributed by atoms with Crippen LogP contribution in [0.4, 0.5) is 10.1 Å². The molecule has 0 aliphatic carbocycles. The third-order valence-electron chi connectivity index (χ3n) is 5.09. The van der Waals surface area contributed by atoms with Crippen molar-refractivity contribution in [3.63, 3.8) is 0 Å². The molecule has 126 valence electrons. The molecule has 0 amide bonds. The molecule has 2 aliphatic rings. The highest BCUT2D eigenvalue weighted by atomic mass is 19.1. The zero-order valence-corrected chi connectivity index (χ0v) is 13.7. The Bertz CT molecular complexity index is 647. The topological polar surface area (TPSA) is 24.5 Å². The van der Waals surface area contributed by atoms with Crippen molar-refractivity contribution in [3.05, 3.63) is 66.0 Å². The minimum Gasteiger partial charge on any atom is -0.382 e. The molecule has 2 heterocycles. The van der Waals surface area contributed by atoms with Crippen molar-refractivity contribution in [3.8, 4) is 0 Å². The second-order valence-corrected chi connectivity index (χ2v) is 6.82. The Hall–Kier alpha value is -1.91. The van der Waals surface area contributed by atoms with Crippen LogP contribution in [0.15, 0.2) is 54.6 Å². The van der Waals surface area contributed by atoms with E-state index in [1.807, 2.05) is 12.1 Å². The molecule has 2 aromatic carbocycles. The molecule has 2 bridgehead atoms. The van der Waals surface area contributed by atoms with E-state index in [1.54, 1.807) is 0 Å². The molecule has 0 aromatic heterocycles. The van der Waals surface area contributed by atoms with Gasteiger partial charge in [-0.25, -0.2) is 4.39 Å². The SMILES string of the molecule is Fc1ccc(NC2CC3COCC(C2)N3Cc2ccccc2)cc1. The van der Waals surface area contributed by atoms with Crippen molar-refractivity contribution in [2.75, 3.05) is 18.5 Å². The minimum absolute atomic E-state index is 0.191. The molecule has 2 atom stereocenters. The fourth-order valence-corrected chi connectivity index (χ4v) is 3.94. The Morgan fingerprint density at radius 1 is 0.958 bits per heavy atom. The van der Waals surface area contributed by atoms with Crippen LogP contribution in [0, 0.1) is 5.82 Å². The second-order valence-electron chi connectivity index (χ2n) is 6.82. The summed E-state index contributed by atoms with van der Waals surface area (Å²) in [6.45, 7) is 2.58. The van der Waals surface area contributed by atoms with Crippen LogP contribution >= 0.6 is 0 Å². The lowest BCUT2D eigenvalue weighted by molar-refractivity contribution is -0.0802. The monoisotopic (exact) mass is 326 g/mol. The molecule has 0 saturated carbocycles. The van der Waals surface area contributed by atoms with E-state index >= 15 is 0 Å². The van der Waals surface area contributed by atoms with Crippen LogP contribution in [-0.4, -0.2) is 36.2 Å². The Kier molecular flexibility index (Phi) is 4.50. The first-order valence-corrected chi connectivity index (χ1v) is 8.67. The highest BCUT2D eigenvalue weighted by Gasteiger charge is 2.38. The molecule has 2 aromatic rings. The highest BCUT2D eigenvalue weighted by molar-refractivity contribution is 5.44. The van der Waals surface area contributed by atoms with Gasteiger partial charge in [0.25, 0.3) is 0 Å². The molecule has 0 spiro atoms. The summed E-state index contributed by atoms with van der Waals surface area (Å²) in [4.78, 5) is 2.60. The maximum absolute atomic E-state index is 13.1. The average Bonchev–Trinajstić information content (AvgIpc) is 2.58. The first-order chi connectivity index (χ1) is 11.8. The summed E-state index contributed by atoms with van der Waals surface area (Å²) in [6, 6.07) is 18.6. The van der Waals surface area contributed by atoms with Gasteiger partial charge in [0.05, 0.1) is 13.2 Å². The zero-order valence-electron chi connectivity index (χ0n) is 13.7. The van der Waals surface area contributed by atoms with Gasteiger partial charge in [0.1, 0.15) is 5.82 Å². The lowest BCUT2D eigenvalue weighted by Gasteiger charge is -2.48. The number of piperidine rings is 1. The van der Waals surface area contributed by atoms with E-state index in [9.17, 15) is 4.39 Å². The molecule has 4 rings (SSSR count). The molecular formula is C20H23FN2O. The maximum Gasteiger partial charge on any atom is 0.123 e. The summed E-state index contributed by atoms with van der Waals surface area (Å²) in [7, 11) is 0. The third-order valence-corrected chi connectivity index (χ3v) is 5.09. The van der Waals surface area contributed by atoms with Crippen LogP contribution in [0.2, 0.25) is 0 Å². The van der Waals surface area contributed by atoms with Crippen LogP contribution in [0.1, 0.15) is 18.4 Å². The standard InChI is InChI=1S/C20H23FN2O/c21-16-6-8-17(9-7-16)22-18-10-19-13-24-14-20(11-18)23(19)12-15-4-2-1-3-5-15/h1-9,18-20,22H,10-14H2. The molecule has 3 nitrogen and oxygen atoms in total. The van der Waals surface area contributed by atoms with Crippen LogP contribution in [-0.2, 0) is 11.3 Å². The van der Waals surface area contributed by atoms with Crippen molar-refractivity contribution in [1.29, 1.82) is 0 Å². The predicted molar refractivity (Wildman–Crippen MR) is 93.4 cm³/mol. The van der Waals surface area contributed by atoms with Crippen molar-refractivity contribution in [2.45, 2.75) is 37.5 Å². The van der Waals surface area contributed by atoms with Gasteiger partial charge in [-0.1, -0.05) is 30.3 Å². The molecule has 2 fully saturated rings. The predicted octanol–water partition coefficient (Wildman–Crippen LogP) is 3.67. The van der Waals surface area contributed by atoms with Crippen molar-refractivity contribution in [2.24, 2.45) is 0 Å². The fourth-order valence-electron chi connectivity index (χ4n) is 3.94. The van der Waals surface area contributed by atoms with Crippen molar-refractivity contribution >= 4 is 5.69 Å². The minimum atomic E-state index is -0.191. The van der Waals surface area contributed by atoms with Crippen LogP contribution in [0.5, 0.6) is 0 Å². The lowest BCUT2D eigenvalue weighted by atomic mass is 9.89. The number of morpholine rings is 1. The van der Waals surface area contributed by atoms with E-state index in [4.69, 9.17) is 4.74 Å². The Balaban J connectivity index is 1.43. The van der Waals surface area contributed by atoms with E-state index in [-0.39, 0.29) is 5.82 Å². The normalized spacial score (nSPS) is 27.0. The number of hydrogen-bond donors (Lipinski definition) is 1. The van der Waals surface area contributed by atoms with Crippen LogP contribution < -0.4 is 5.32 Å². The van der Waals surface area contributed by atoms with E-state index in [0.717, 1.165) is 38.3 Å². The molecule has 24 heavy (non-hydrogen) atoms. The summed E-state index contributed by atoms with van der Waals surface area (Å²) in [6.07, 6.45) is 2.11. The number of fused-ring (bicyclic) bond motifs is 2. The molecular weight excluding hydrogens is 303 g/mol. The van der Waals surface area contributed by atoms with Gasteiger partial charge in [-0.15, -0.1) is 0 Å². The first kappa shape index (κ1) is 15.6. The van der Waals surface area contributed by atoms with Gasteiger partial charge in [0, 0.05) is 30.4 Å². The van der Waals surface area contributed by atoms with E-state index in [1.165, 1.54) is 17.7 Å². The van der Waals surface area contributed by atoms with Gasteiger partial charge in [-0.05, 0) is 42.7 Å². The molecule has 1 N–H and O–H groups in total. The number of benzene rings is 2. The smallest absolute Gasteiger partial charge is 0.123 e. The van der Waals surface area contributed by atoms with E-state index in [2.05, 4.69) is 40.5 Å². The van der Waals surface area contributed by atoms with Crippen molar-refractivity contribution < 1.29 is 9.13 Å². The summed E-state index contributed by atoms with van der Waals surface area (Å²) in [5.74, 6) is -0.191. The van der Waals surface area contributed by atoms with Gasteiger partial charge in [0.2, 0.25) is 0 Å². The van der Waals surface area contributed by atoms with E-state index in [0.29, 0.717) is 18.1 Å². The second kappa shape index (κ2) is 6.91. The molecule has 2 aliphatic heterocycles. The van der Waals surface area contributed by atoms with Crippen LogP contribution in [0.3, 0.4) is 0 Å². The number of hydrogen-bond acceptors (Lipinski definition) is 3. The number of rotatable bonds is 4. The third kappa shape index (κ3) is 3.45. The molecule has 0 radical (unpaired) electrons. The summed E-state index contributed by atoms with van der Waals surface area (Å²) in [5, 5.41) is 3.57. The van der Waals surface area contributed by atoms with Crippen molar-refractivity contribution in [1.82, 2.24) is 4.90 Å². The number of nitrogens with zero attached hydrogens (tertiary/aromatic N) is 1. The van der Waals surface area contributed by atoms with Gasteiger partial charge in [0.15, 0.2) is 0 Å². The first-order valence-electron chi connectivity index (χ1n) is 8.67. The number of nitrogens with one attached hydrogen (secondary N) is 1. The summed E-state index contributed by atoms with van der Waals surface area (Å²) in [5.41, 5.74) is 2.36. The highest BCUT2D eigenvalue weighted by Crippen LogP contribution is 2.31. The lowest BCUT2D eigenvalue weighted by Crippen LogP contribution is -2.58. The summed E-state index contributed by atoms with van der Waals surface area (Å²) < 4.78 is 18.9. The molecule has 2 saturated heterocycles. The van der Waals surface area contributed by atoms with E-state index < -0.39 is 0 Å². The molecule has 4 heteroatoms. The van der Waals surface area contributed by atoms with Gasteiger partial charge in [-0.2, -0.15) is 0 Å². The molecule has 2 unspecified atom stereocenters. The fraction of sp³-hybridized carbons (Fsp3) is 0.400. The van der Waals surface area contributed by atoms with Gasteiger partial charge >= 0.3 is 0 Å². The Morgan fingerprint density at radius 2 is 1.62 bits per heavy atom. The van der Waals surface area contributed by atoms with Crippen LogP contribution in [0.25, 0.3) is 0 Å². The largest absolute Gasteiger partial charge is 0.382 e.